The summed E-state index contributed by atoms with van der Waals surface area (Å²) in [5, 5.41) is 6.79. The van der Waals surface area contributed by atoms with Crippen molar-refractivity contribution in [2.75, 3.05) is 5.32 Å². The number of thiophene rings is 1. The third-order valence-electron chi connectivity index (χ3n) is 1.43. The zero-order valence-corrected chi connectivity index (χ0v) is 7.38. The Morgan fingerprint density at radius 1 is 1.38 bits per heavy atom. The van der Waals surface area contributed by atoms with Crippen LogP contribution in [0, 0.1) is 5.95 Å². The van der Waals surface area contributed by atoms with Crippen LogP contribution in [-0.4, -0.2) is 9.97 Å². The molecule has 0 aromatic carbocycles. The first-order valence-electron chi connectivity index (χ1n) is 3.61. The molecule has 5 heteroatoms. The Morgan fingerprint density at radius 2 is 2.31 bits per heavy atom. The van der Waals surface area contributed by atoms with Crippen LogP contribution in [-0.2, 0) is 0 Å². The van der Waals surface area contributed by atoms with Gasteiger partial charge in [-0.2, -0.15) is 15.7 Å². The molecule has 0 aliphatic rings. The van der Waals surface area contributed by atoms with Gasteiger partial charge in [-0.3, -0.25) is 0 Å². The number of halogens is 1. The number of anilines is 2. The van der Waals surface area contributed by atoms with Gasteiger partial charge in [0.1, 0.15) is 12.1 Å². The van der Waals surface area contributed by atoms with Gasteiger partial charge in [0.15, 0.2) is 0 Å². The molecule has 0 unspecified atom stereocenters. The minimum atomic E-state index is -0.535. The van der Waals surface area contributed by atoms with E-state index in [9.17, 15) is 4.39 Å². The fraction of sp³-hybridized carbons (Fsp3) is 0. The van der Waals surface area contributed by atoms with Crippen LogP contribution in [0.5, 0.6) is 0 Å². The van der Waals surface area contributed by atoms with Crippen LogP contribution in [0.15, 0.2) is 29.2 Å². The molecule has 66 valence electrons. The minimum Gasteiger partial charge on any atom is -0.339 e. The van der Waals surface area contributed by atoms with Gasteiger partial charge in [-0.1, -0.05) is 0 Å². The number of hydrogen-bond donors (Lipinski definition) is 1. The highest BCUT2D eigenvalue weighted by Gasteiger charge is 1.97. The number of aromatic nitrogens is 2. The summed E-state index contributed by atoms with van der Waals surface area (Å²) in [5.74, 6) is -0.0707. The molecule has 13 heavy (non-hydrogen) atoms. The van der Waals surface area contributed by atoms with Crippen LogP contribution >= 0.6 is 11.3 Å². The van der Waals surface area contributed by atoms with Crippen molar-refractivity contribution in [3.8, 4) is 0 Å². The fourth-order valence-corrected chi connectivity index (χ4v) is 1.47. The summed E-state index contributed by atoms with van der Waals surface area (Å²) in [6.07, 6.45) is 1.18. The zero-order chi connectivity index (χ0) is 9.10. The summed E-state index contributed by atoms with van der Waals surface area (Å²) >= 11 is 1.56. The van der Waals surface area contributed by atoms with E-state index in [0.29, 0.717) is 5.82 Å². The lowest BCUT2D eigenvalue weighted by atomic mass is 10.5. The summed E-state index contributed by atoms with van der Waals surface area (Å²) < 4.78 is 12.6. The normalized spacial score (nSPS) is 9.92. The maximum Gasteiger partial charge on any atom is 0.218 e. The molecule has 0 atom stereocenters. The number of rotatable bonds is 2. The quantitative estimate of drug-likeness (QED) is 0.748. The molecule has 0 aliphatic heterocycles. The Labute approximate surface area is 78.3 Å². The van der Waals surface area contributed by atoms with E-state index in [1.165, 1.54) is 12.4 Å². The maximum atomic E-state index is 12.6. The third kappa shape index (κ3) is 2.00. The first-order chi connectivity index (χ1) is 6.34. The smallest absolute Gasteiger partial charge is 0.218 e. The number of nitrogens with zero attached hydrogens (tertiary/aromatic N) is 2. The number of hydrogen-bond acceptors (Lipinski definition) is 4. The first-order valence-corrected chi connectivity index (χ1v) is 4.55. The van der Waals surface area contributed by atoms with Crippen molar-refractivity contribution < 1.29 is 4.39 Å². The van der Waals surface area contributed by atoms with E-state index < -0.39 is 5.95 Å². The van der Waals surface area contributed by atoms with Gasteiger partial charge in [-0.05, 0) is 11.4 Å². The van der Waals surface area contributed by atoms with Crippen LogP contribution in [0.2, 0.25) is 0 Å². The van der Waals surface area contributed by atoms with E-state index >= 15 is 0 Å². The molecule has 1 N–H and O–H groups in total. The fourth-order valence-electron chi connectivity index (χ4n) is 0.885. The van der Waals surface area contributed by atoms with E-state index in [0.717, 1.165) is 5.69 Å². The van der Waals surface area contributed by atoms with Gasteiger partial charge in [-0.15, -0.1) is 0 Å². The highest BCUT2D eigenvalue weighted by Crippen LogP contribution is 2.16. The monoisotopic (exact) mass is 195 g/mol. The average molecular weight is 195 g/mol. The standard InChI is InChI=1S/C8H6FN3S/c9-7-3-8(11-5-10-7)12-6-1-2-13-4-6/h1-5H,(H,10,11,12). The van der Waals surface area contributed by atoms with Gasteiger partial charge < -0.3 is 5.32 Å². The molecule has 2 aromatic rings. The predicted octanol–water partition coefficient (Wildman–Crippen LogP) is 2.42. The summed E-state index contributed by atoms with van der Waals surface area (Å²) in [6.45, 7) is 0. The third-order valence-corrected chi connectivity index (χ3v) is 2.11. The Kier molecular flexibility index (Phi) is 2.18. The van der Waals surface area contributed by atoms with Crippen molar-refractivity contribution in [2.45, 2.75) is 0 Å². The molecular formula is C8H6FN3S. The van der Waals surface area contributed by atoms with Crippen LogP contribution in [0.4, 0.5) is 15.9 Å². The topological polar surface area (TPSA) is 37.8 Å². The molecule has 2 heterocycles. The molecule has 2 rings (SSSR count). The summed E-state index contributed by atoms with van der Waals surface area (Å²) in [6, 6.07) is 3.14. The molecule has 0 spiro atoms. The van der Waals surface area contributed by atoms with Gasteiger partial charge in [0.05, 0.1) is 5.69 Å². The first kappa shape index (κ1) is 8.12. The van der Waals surface area contributed by atoms with Crippen LogP contribution in [0.25, 0.3) is 0 Å². The zero-order valence-electron chi connectivity index (χ0n) is 6.57. The van der Waals surface area contributed by atoms with E-state index in [4.69, 9.17) is 0 Å². The van der Waals surface area contributed by atoms with E-state index in [2.05, 4.69) is 15.3 Å². The summed E-state index contributed by atoms with van der Waals surface area (Å²) in [4.78, 5) is 7.21. The Hall–Kier alpha value is -1.49. The minimum absolute atomic E-state index is 0.464. The highest BCUT2D eigenvalue weighted by molar-refractivity contribution is 7.08. The van der Waals surface area contributed by atoms with E-state index in [1.54, 1.807) is 11.3 Å². The lowest BCUT2D eigenvalue weighted by Gasteiger charge is -2.00. The van der Waals surface area contributed by atoms with Gasteiger partial charge in [0.25, 0.3) is 0 Å². The second kappa shape index (κ2) is 3.49. The molecule has 2 aromatic heterocycles. The lowest BCUT2D eigenvalue weighted by molar-refractivity contribution is 0.580. The maximum absolute atomic E-state index is 12.6. The molecule has 0 saturated carbocycles. The average Bonchev–Trinajstić information content (AvgIpc) is 2.57. The van der Waals surface area contributed by atoms with Gasteiger partial charge in [-0.25, -0.2) is 9.97 Å². The molecule has 0 aliphatic carbocycles. The highest BCUT2D eigenvalue weighted by atomic mass is 32.1. The largest absolute Gasteiger partial charge is 0.339 e. The van der Waals surface area contributed by atoms with Crippen molar-refractivity contribution in [3.63, 3.8) is 0 Å². The second-order valence-electron chi connectivity index (χ2n) is 2.36. The SMILES string of the molecule is Fc1cc(Nc2ccsc2)ncn1. The van der Waals surface area contributed by atoms with Crippen molar-refractivity contribution in [1.29, 1.82) is 0 Å². The van der Waals surface area contributed by atoms with Crippen LogP contribution < -0.4 is 5.32 Å². The van der Waals surface area contributed by atoms with Crippen molar-refractivity contribution in [1.82, 2.24) is 9.97 Å². The van der Waals surface area contributed by atoms with Crippen molar-refractivity contribution in [2.24, 2.45) is 0 Å². The van der Waals surface area contributed by atoms with E-state index in [1.807, 2.05) is 16.8 Å². The summed E-state index contributed by atoms with van der Waals surface area (Å²) in [5.41, 5.74) is 0.906. The van der Waals surface area contributed by atoms with Crippen LogP contribution in [0.3, 0.4) is 0 Å². The van der Waals surface area contributed by atoms with Crippen molar-refractivity contribution in [3.05, 3.63) is 35.2 Å². The summed E-state index contributed by atoms with van der Waals surface area (Å²) in [7, 11) is 0. The molecule has 0 saturated heterocycles. The van der Waals surface area contributed by atoms with Gasteiger partial charge in [0, 0.05) is 11.4 Å². The number of nitrogens with one attached hydrogen (secondary N) is 1. The van der Waals surface area contributed by atoms with Gasteiger partial charge >= 0.3 is 0 Å². The Morgan fingerprint density at radius 3 is 3.00 bits per heavy atom. The molecule has 0 fully saturated rings. The molecule has 0 bridgehead atoms. The molecule has 0 radical (unpaired) electrons. The van der Waals surface area contributed by atoms with E-state index in [-0.39, 0.29) is 0 Å². The predicted molar refractivity (Wildman–Crippen MR) is 49.6 cm³/mol. The molecule has 3 nitrogen and oxygen atoms in total. The lowest BCUT2D eigenvalue weighted by Crippen LogP contribution is -1.93. The van der Waals surface area contributed by atoms with Crippen molar-refractivity contribution >= 4 is 22.8 Å². The van der Waals surface area contributed by atoms with Gasteiger partial charge in [0.2, 0.25) is 5.95 Å². The van der Waals surface area contributed by atoms with Crippen LogP contribution in [0.1, 0.15) is 0 Å². The molecular weight excluding hydrogens is 189 g/mol. The Balaban J connectivity index is 2.19. The Bertz CT molecular complexity index is 388. The molecule has 0 amide bonds. The second-order valence-corrected chi connectivity index (χ2v) is 3.14.